The van der Waals surface area contributed by atoms with Crippen molar-refractivity contribution in [1.29, 1.82) is 0 Å². The largest absolute Gasteiger partial charge is 0.497 e. The van der Waals surface area contributed by atoms with Crippen molar-refractivity contribution in [3.8, 4) is 5.75 Å². The number of hydrogen-bond acceptors (Lipinski definition) is 4. The molecule has 0 spiro atoms. The van der Waals surface area contributed by atoms with Gasteiger partial charge >= 0.3 is 0 Å². The molecule has 0 atom stereocenters. The monoisotopic (exact) mass is 370 g/mol. The minimum absolute atomic E-state index is 0.0641. The van der Waals surface area contributed by atoms with Crippen LogP contribution in [0.15, 0.2) is 53.4 Å². The number of benzene rings is 2. The molecule has 1 aliphatic carbocycles. The number of thioether (sulfide) groups is 1. The van der Waals surface area contributed by atoms with E-state index in [0.29, 0.717) is 29.5 Å². The molecule has 1 saturated carbocycles. The van der Waals surface area contributed by atoms with Gasteiger partial charge in [0.05, 0.1) is 7.11 Å². The predicted octanol–water partition coefficient (Wildman–Crippen LogP) is 3.71. The van der Waals surface area contributed by atoms with Crippen LogP contribution >= 0.6 is 11.8 Å². The summed E-state index contributed by atoms with van der Waals surface area (Å²) in [5.41, 5.74) is 1.22. The van der Waals surface area contributed by atoms with Crippen molar-refractivity contribution in [2.75, 3.05) is 18.2 Å². The SMILES string of the molecule is COc1ccc(SCCC(=O)Nc2cccc(C(=O)NC3CC3)c2)cc1. The number of rotatable bonds is 8. The zero-order valence-electron chi connectivity index (χ0n) is 14.7. The van der Waals surface area contributed by atoms with E-state index in [-0.39, 0.29) is 11.8 Å². The third kappa shape index (κ3) is 5.52. The molecule has 5 nitrogen and oxygen atoms in total. The van der Waals surface area contributed by atoms with Crippen LogP contribution in [-0.4, -0.2) is 30.7 Å². The van der Waals surface area contributed by atoms with Gasteiger partial charge in [-0.1, -0.05) is 6.07 Å². The summed E-state index contributed by atoms with van der Waals surface area (Å²) in [6.45, 7) is 0. The first kappa shape index (κ1) is 18.3. The minimum Gasteiger partial charge on any atom is -0.497 e. The normalized spacial score (nSPS) is 13.1. The zero-order chi connectivity index (χ0) is 18.4. The molecule has 2 aromatic carbocycles. The molecule has 1 aliphatic rings. The third-order valence-electron chi connectivity index (χ3n) is 3.98. The van der Waals surface area contributed by atoms with Crippen LogP contribution in [0.3, 0.4) is 0 Å². The van der Waals surface area contributed by atoms with Gasteiger partial charge in [-0.2, -0.15) is 0 Å². The van der Waals surface area contributed by atoms with Crippen molar-refractivity contribution < 1.29 is 14.3 Å². The number of nitrogens with one attached hydrogen (secondary N) is 2. The van der Waals surface area contributed by atoms with Crippen molar-refractivity contribution in [2.45, 2.75) is 30.2 Å². The Bertz CT molecular complexity index is 773. The Balaban J connectivity index is 1.45. The highest BCUT2D eigenvalue weighted by molar-refractivity contribution is 7.99. The second-order valence-electron chi connectivity index (χ2n) is 6.15. The van der Waals surface area contributed by atoms with Crippen molar-refractivity contribution in [2.24, 2.45) is 0 Å². The van der Waals surface area contributed by atoms with Crippen LogP contribution in [0.1, 0.15) is 29.6 Å². The Hall–Kier alpha value is -2.47. The maximum absolute atomic E-state index is 12.1. The maximum Gasteiger partial charge on any atom is 0.251 e. The number of carbonyl (C=O) groups excluding carboxylic acids is 2. The molecule has 0 aromatic heterocycles. The number of anilines is 1. The summed E-state index contributed by atoms with van der Waals surface area (Å²) < 4.78 is 5.13. The Labute approximate surface area is 157 Å². The summed E-state index contributed by atoms with van der Waals surface area (Å²) >= 11 is 1.62. The lowest BCUT2D eigenvalue weighted by atomic mass is 10.2. The molecule has 0 heterocycles. The average Bonchev–Trinajstić information content (AvgIpc) is 3.46. The van der Waals surface area contributed by atoms with Crippen molar-refractivity contribution in [1.82, 2.24) is 5.32 Å². The summed E-state index contributed by atoms with van der Waals surface area (Å²) in [6, 6.07) is 15.1. The predicted molar refractivity (Wildman–Crippen MR) is 104 cm³/mol. The van der Waals surface area contributed by atoms with Gasteiger partial charge in [0.2, 0.25) is 5.91 Å². The number of ether oxygens (including phenoxy) is 1. The molecule has 26 heavy (non-hydrogen) atoms. The molecule has 0 aliphatic heterocycles. The van der Waals surface area contributed by atoms with Crippen LogP contribution in [-0.2, 0) is 4.79 Å². The molecule has 0 saturated heterocycles. The van der Waals surface area contributed by atoms with Gasteiger partial charge < -0.3 is 15.4 Å². The average molecular weight is 370 g/mol. The molecule has 0 bridgehead atoms. The zero-order valence-corrected chi connectivity index (χ0v) is 15.5. The van der Waals surface area contributed by atoms with Gasteiger partial charge in [-0.3, -0.25) is 9.59 Å². The molecule has 0 unspecified atom stereocenters. The Kier molecular flexibility index (Phi) is 6.17. The van der Waals surface area contributed by atoms with E-state index in [2.05, 4.69) is 10.6 Å². The Morgan fingerprint density at radius 3 is 2.62 bits per heavy atom. The van der Waals surface area contributed by atoms with Gasteiger partial charge in [0, 0.05) is 34.4 Å². The topological polar surface area (TPSA) is 67.4 Å². The van der Waals surface area contributed by atoms with Gasteiger partial charge in [-0.25, -0.2) is 0 Å². The van der Waals surface area contributed by atoms with Crippen molar-refractivity contribution in [3.05, 3.63) is 54.1 Å². The molecule has 6 heteroatoms. The summed E-state index contributed by atoms with van der Waals surface area (Å²) in [5.74, 6) is 1.35. The van der Waals surface area contributed by atoms with Crippen LogP contribution in [0.2, 0.25) is 0 Å². The Morgan fingerprint density at radius 1 is 1.15 bits per heavy atom. The highest BCUT2D eigenvalue weighted by Gasteiger charge is 2.23. The quantitative estimate of drug-likeness (QED) is 0.695. The van der Waals surface area contributed by atoms with Crippen LogP contribution in [0.5, 0.6) is 5.75 Å². The highest BCUT2D eigenvalue weighted by Crippen LogP contribution is 2.22. The van der Waals surface area contributed by atoms with Crippen molar-refractivity contribution in [3.63, 3.8) is 0 Å². The molecule has 2 amide bonds. The summed E-state index contributed by atoms with van der Waals surface area (Å²) in [5, 5.41) is 5.81. The first-order chi connectivity index (χ1) is 12.6. The molecular weight excluding hydrogens is 348 g/mol. The fourth-order valence-electron chi connectivity index (χ4n) is 2.39. The lowest BCUT2D eigenvalue weighted by Crippen LogP contribution is -2.25. The van der Waals surface area contributed by atoms with E-state index in [9.17, 15) is 9.59 Å². The number of methoxy groups -OCH3 is 1. The van der Waals surface area contributed by atoms with Gasteiger partial charge in [-0.05, 0) is 55.3 Å². The first-order valence-corrected chi connectivity index (χ1v) is 9.60. The smallest absolute Gasteiger partial charge is 0.251 e. The molecular formula is C20H22N2O3S. The second-order valence-corrected chi connectivity index (χ2v) is 7.32. The number of carbonyl (C=O) groups is 2. The van der Waals surface area contributed by atoms with Gasteiger partial charge in [0.25, 0.3) is 5.91 Å². The molecule has 136 valence electrons. The highest BCUT2D eigenvalue weighted by atomic mass is 32.2. The molecule has 2 aromatic rings. The second kappa shape index (κ2) is 8.76. The molecule has 1 fully saturated rings. The molecule has 0 radical (unpaired) electrons. The maximum atomic E-state index is 12.1. The first-order valence-electron chi connectivity index (χ1n) is 8.61. The van der Waals surface area contributed by atoms with E-state index in [4.69, 9.17) is 4.74 Å². The van der Waals surface area contributed by atoms with E-state index in [1.165, 1.54) is 0 Å². The number of hydrogen-bond donors (Lipinski definition) is 2. The van der Waals surface area contributed by atoms with E-state index >= 15 is 0 Å². The van der Waals surface area contributed by atoms with Crippen LogP contribution < -0.4 is 15.4 Å². The van der Waals surface area contributed by atoms with E-state index < -0.39 is 0 Å². The number of amides is 2. The summed E-state index contributed by atoms with van der Waals surface area (Å²) in [7, 11) is 1.64. The lowest BCUT2D eigenvalue weighted by Gasteiger charge is -2.08. The van der Waals surface area contributed by atoms with Crippen LogP contribution in [0.25, 0.3) is 0 Å². The van der Waals surface area contributed by atoms with Crippen molar-refractivity contribution >= 4 is 29.3 Å². The lowest BCUT2D eigenvalue weighted by molar-refractivity contribution is -0.115. The molecule has 2 N–H and O–H groups in total. The molecule has 3 rings (SSSR count). The van der Waals surface area contributed by atoms with E-state index in [1.807, 2.05) is 24.3 Å². The van der Waals surface area contributed by atoms with E-state index in [0.717, 1.165) is 23.5 Å². The van der Waals surface area contributed by atoms with Crippen LogP contribution in [0, 0.1) is 0 Å². The van der Waals surface area contributed by atoms with E-state index in [1.54, 1.807) is 43.1 Å². The fraction of sp³-hybridized carbons (Fsp3) is 0.300. The summed E-state index contributed by atoms with van der Waals surface area (Å²) in [4.78, 5) is 25.3. The Morgan fingerprint density at radius 2 is 1.92 bits per heavy atom. The van der Waals surface area contributed by atoms with Gasteiger partial charge in [-0.15, -0.1) is 11.8 Å². The summed E-state index contributed by atoms with van der Waals surface area (Å²) in [6.07, 6.45) is 2.50. The third-order valence-corrected chi connectivity index (χ3v) is 4.99. The van der Waals surface area contributed by atoms with Gasteiger partial charge in [0.15, 0.2) is 0 Å². The minimum atomic E-state index is -0.0846. The standard InChI is InChI=1S/C20H22N2O3S/c1-25-17-7-9-18(10-8-17)26-12-11-19(23)21-16-4-2-3-14(13-16)20(24)22-15-5-6-15/h2-4,7-10,13,15H,5-6,11-12H2,1H3,(H,21,23)(H,22,24). The fourth-order valence-corrected chi connectivity index (χ4v) is 3.24. The van der Waals surface area contributed by atoms with Crippen LogP contribution in [0.4, 0.5) is 5.69 Å². The van der Waals surface area contributed by atoms with Gasteiger partial charge in [0.1, 0.15) is 5.75 Å².